The van der Waals surface area contributed by atoms with Crippen LogP contribution in [0, 0.1) is 25.5 Å². The molecule has 0 N–H and O–H groups in total. The Morgan fingerprint density at radius 2 is 1.85 bits per heavy atom. The van der Waals surface area contributed by atoms with Crippen molar-refractivity contribution < 1.29 is 13.5 Å². The van der Waals surface area contributed by atoms with Crippen molar-refractivity contribution in [1.29, 1.82) is 0 Å². The predicted octanol–water partition coefficient (Wildman–Crippen LogP) is 5.60. The topological polar surface area (TPSA) is 94.7 Å². The van der Waals surface area contributed by atoms with Gasteiger partial charge in [0.05, 0.1) is 36.3 Å². The normalized spacial score (nSPS) is 19.5. The fourth-order valence-corrected chi connectivity index (χ4v) is 5.90. The van der Waals surface area contributed by atoms with Crippen molar-refractivity contribution in [3.8, 4) is 21.8 Å². The lowest BCUT2D eigenvalue weighted by Gasteiger charge is -2.36. The second kappa shape index (κ2) is 9.63. The zero-order chi connectivity index (χ0) is 27.5. The summed E-state index contributed by atoms with van der Waals surface area (Å²) in [5.74, 6) is -0.955. The van der Waals surface area contributed by atoms with Gasteiger partial charge in [0.1, 0.15) is 27.8 Å². The average Bonchev–Trinajstić information content (AvgIpc) is 3.49. The summed E-state index contributed by atoms with van der Waals surface area (Å²) >= 11 is 1.45. The van der Waals surface area contributed by atoms with Gasteiger partial charge in [-0.3, -0.25) is 4.68 Å². The molecule has 1 saturated heterocycles. The van der Waals surface area contributed by atoms with Gasteiger partial charge in [0.25, 0.3) is 0 Å². The highest BCUT2D eigenvalue weighted by Crippen LogP contribution is 2.37. The number of hydrogen-bond donors (Lipinski definition) is 0. The van der Waals surface area contributed by atoms with Crippen LogP contribution in [0.25, 0.3) is 32.9 Å². The maximum atomic E-state index is 15.2. The highest BCUT2D eigenvalue weighted by atomic mass is 32.1. The van der Waals surface area contributed by atoms with Crippen molar-refractivity contribution in [3.05, 3.63) is 64.6 Å². The summed E-state index contributed by atoms with van der Waals surface area (Å²) in [4.78, 5) is 16.5. The number of benzene rings is 1. The van der Waals surface area contributed by atoms with Gasteiger partial charge >= 0.3 is 0 Å². The number of morpholine rings is 1. The van der Waals surface area contributed by atoms with E-state index in [1.807, 2.05) is 42.6 Å². The number of aromatic nitrogens is 7. The molecule has 1 saturated carbocycles. The summed E-state index contributed by atoms with van der Waals surface area (Å²) in [5, 5.41) is 15.0. The third-order valence-electron chi connectivity index (χ3n) is 7.27. The van der Waals surface area contributed by atoms with E-state index in [4.69, 9.17) is 19.7 Å². The Bertz CT molecular complexity index is 1750. The molecule has 1 aliphatic heterocycles. The third kappa shape index (κ3) is 4.60. The van der Waals surface area contributed by atoms with Crippen molar-refractivity contribution in [2.45, 2.75) is 51.9 Å². The van der Waals surface area contributed by atoms with Gasteiger partial charge in [-0.15, -0.1) is 10.2 Å². The molecule has 40 heavy (non-hydrogen) atoms. The molecule has 0 amide bonds. The molecule has 0 spiro atoms. The number of pyridine rings is 1. The van der Waals surface area contributed by atoms with E-state index in [0.717, 1.165) is 40.7 Å². The number of ether oxygens (including phenoxy) is 1. The summed E-state index contributed by atoms with van der Waals surface area (Å²) in [7, 11) is 0. The highest BCUT2D eigenvalue weighted by Gasteiger charge is 2.32. The summed E-state index contributed by atoms with van der Waals surface area (Å²) in [5.41, 5.74) is 3.42. The quantitative estimate of drug-likeness (QED) is 0.274. The molecular formula is C28H26F2N8OS. The molecule has 1 aromatic carbocycles. The van der Waals surface area contributed by atoms with E-state index in [9.17, 15) is 4.39 Å². The zero-order valence-corrected chi connectivity index (χ0v) is 23.0. The van der Waals surface area contributed by atoms with E-state index < -0.39 is 11.6 Å². The van der Waals surface area contributed by atoms with Gasteiger partial charge in [-0.2, -0.15) is 10.1 Å². The first-order valence-corrected chi connectivity index (χ1v) is 14.0. The van der Waals surface area contributed by atoms with E-state index in [1.54, 1.807) is 0 Å². The first-order valence-electron chi connectivity index (χ1n) is 13.2. The van der Waals surface area contributed by atoms with Gasteiger partial charge in [0, 0.05) is 40.9 Å². The maximum absolute atomic E-state index is 15.2. The first kappa shape index (κ1) is 25.1. The van der Waals surface area contributed by atoms with Gasteiger partial charge in [-0.25, -0.2) is 18.7 Å². The van der Waals surface area contributed by atoms with Crippen LogP contribution in [0.3, 0.4) is 0 Å². The number of rotatable bonds is 5. The van der Waals surface area contributed by atoms with Crippen LogP contribution in [-0.2, 0) is 4.74 Å². The second-order valence-electron chi connectivity index (χ2n) is 10.4. The minimum atomic E-state index is -0.708. The molecule has 2 atom stereocenters. The fourth-order valence-electron chi connectivity index (χ4n) is 5.14. The molecule has 2 fully saturated rings. The molecule has 2 aliphatic rings. The van der Waals surface area contributed by atoms with Crippen LogP contribution < -0.4 is 4.90 Å². The molecule has 0 unspecified atom stereocenters. The Morgan fingerprint density at radius 1 is 1.00 bits per heavy atom. The van der Waals surface area contributed by atoms with Crippen LogP contribution in [0.1, 0.15) is 48.2 Å². The molecule has 5 aromatic rings. The van der Waals surface area contributed by atoms with Crippen LogP contribution in [0.15, 0.2) is 36.7 Å². The van der Waals surface area contributed by atoms with E-state index in [2.05, 4.69) is 21.5 Å². The van der Waals surface area contributed by atoms with Crippen LogP contribution in [0.4, 0.5) is 14.7 Å². The lowest BCUT2D eigenvalue weighted by atomic mass is 10.0. The Balaban J connectivity index is 1.34. The first-order chi connectivity index (χ1) is 19.3. The Kier molecular flexibility index (Phi) is 6.04. The number of fused-ring (bicyclic) bond motifs is 1. The molecule has 204 valence electrons. The largest absolute Gasteiger partial charge is 0.367 e. The van der Waals surface area contributed by atoms with Gasteiger partial charge < -0.3 is 9.64 Å². The summed E-state index contributed by atoms with van der Waals surface area (Å²) in [6.45, 7) is 6.82. The minimum Gasteiger partial charge on any atom is -0.367 e. The van der Waals surface area contributed by atoms with E-state index in [1.165, 1.54) is 23.5 Å². The Morgan fingerprint density at radius 3 is 2.60 bits per heavy atom. The summed E-state index contributed by atoms with van der Waals surface area (Å²) < 4.78 is 37.3. The Hall–Kier alpha value is -3.90. The van der Waals surface area contributed by atoms with Gasteiger partial charge in [-0.05, 0) is 51.8 Å². The molecule has 9 nitrogen and oxygen atoms in total. The van der Waals surface area contributed by atoms with Crippen LogP contribution in [-0.4, -0.2) is 54.1 Å². The zero-order valence-electron chi connectivity index (χ0n) is 22.2. The van der Waals surface area contributed by atoms with Crippen LogP contribution in [0.2, 0.25) is 0 Å². The molecule has 4 aromatic heterocycles. The van der Waals surface area contributed by atoms with E-state index in [0.29, 0.717) is 46.8 Å². The number of hydrogen-bond acceptors (Lipinski definition) is 9. The molecule has 7 rings (SSSR count). The van der Waals surface area contributed by atoms with Crippen molar-refractivity contribution in [3.63, 3.8) is 0 Å². The van der Waals surface area contributed by atoms with Crippen molar-refractivity contribution >= 4 is 28.3 Å². The van der Waals surface area contributed by atoms with E-state index >= 15 is 4.39 Å². The van der Waals surface area contributed by atoms with Crippen LogP contribution in [0.5, 0.6) is 0 Å². The molecule has 1 aliphatic carbocycles. The van der Waals surface area contributed by atoms with Crippen molar-refractivity contribution in [2.75, 3.05) is 18.0 Å². The Labute approximate surface area is 232 Å². The van der Waals surface area contributed by atoms with E-state index in [-0.39, 0.29) is 17.8 Å². The molecule has 0 bridgehead atoms. The monoisotopic (exact) mass is 560 g/mol. The van der Waals surface area contributed by atoms with Crippen molar-refractivity contribution in [1.82, 2.24) is 34.9 Å². The lowest BCUT2D eigenvalue weighted by Crippen LogP contribution is -2.43. The van der Waals surface area contributed by atoms with Crippen LogP contribution >= 0.6 is 11.3 Å². The fraction of sp³-hybridized carbons (Fsp3) is 0.357. The average molecular weight is 561 g/mol. The molecule has 0 radical (unpaired) electrons. The maximum Gasteiger partial charge on any atom is 0.228 e. The molecular weight excluding hydrogens is 534 g/mol. The minimum absolute atomic E-state index is 0.106. The molecule has 12 heteroatoms. The van der Waals surface area contributed by atoms with Gasteiger partial charge in [0.15, 0.2) is 5.65 Å². The third-order valence-corrected chi connectivity index (χ3v) is 8.14. The molecule has 5 heterocycles. The highest BCUT2D eigenvalue weighted by molar-refractivity contribution is 7.14. The summed E-state index contributed by atoms with van der Waals surface area (Å²) in [6.07, 6.45) is 5.89. The van der Waals surface area contributed by atoms with Gasteiger partial charge in [0.2, 0.25) is 5.95 Å². The predicted molar refractivity (Wildman–Crippen MR) is 147 cm³/mol. The number of nitrogens with zero attached hydrogens (tertiary/aromatic N) is 8. The number of anilines is 1. The van der Waals surface area contributed by atoms with Gasteiger partial charge in [-0.1, -0.05) is 11.3 Å². The van der Waals surface area contributed by atoms with Crippen molar-refractivity contribution in [2.24, 2.45) is 0 Å². The number of halogens is 2. The SMILES string of the molecule is Cc1nnc(-c2cc3c(-c4ccc(F)cc4F)nc(N4C[C@@H](C)O[C@@H](c5cnn(C6CC6)c5)C4)nc3nc2C)s1. The second-order valence-corrected chi connectivity index (χ2v) is 11.6. The smallest absolute Gasteiger partial charge is 0.228 e. The standard InChI is InChI=1S/C28H26F2N8OS/c1-14-11-37(13-24(39-14)17-10-31-38(12-17)19-5-6-19)28-33-25(20-7-4-18(29)8-23(20)30)22-9-21(15(2)32-26(22)34-28)27-36-35-16(3)40-27/h4,7-10,12,14,19,24H,5-6,11,13H2,1-3H3/t14-,24-/m1/s1. The lowest BCUT2D eigenvalue weighted by molar-refractivity contribution is -0.0178. The number of aryl methyl sites for hydroxylation is 2. The summed E-state index contributed by atoms with van der Waals surface area (Å²) in [6, 6.07) is 5.85.